The maximum Gasteiger partial charge on any atom is 0.573 e. The number of carbonyl (C=O) groups is 1. The van der Waals surface area contributed by atoms with Crippen LogP contribution in [0.15, 0.2) is 48.0 Å². The second-order valence-electron chi connectivity index (χ2n) is 7.05. The molecule has 2 aromatic rings. The highest BCUT2D eigenvalue weighted by molar-refractivity contribution is 6.00. The molecule has 29 heavy (non-hydrogen) atoms. The Kier molecular flexibility index (Phi) is 4.86. The standard InChI is InChI=1S/C21H19F3N2O3/c22-21(23,24)29-19-5-2-17(3-6-19)25-7-9-26(10-8-25)20(28)16-11-14-1-4-18(27)13-15(14)12-16/h1-6,12-13,27H,7-11H2. The molecule has 4 rings (SSSR count). The van der Waals surface area contributed by atoms with E-state index in [0.717, 1.165) is 16.8 Å². The van der Waals surface area contributed by atoms with Crippen molar-refractivity contribution < 1.29 is 27.8 Å². The number of piperazine rings is 1. The highest BCUT2D eigenvalue weighted by Gasteiger charge is 2.31. The molecule has 0 atom stereocenters. The van der Waals surface area contributed by atoms with Crippen LogP contribution in [0.4, 0.5) is 18.9 Å². The van der Waals surface area contributed by atoms with Crippen LogP contribution in [-0.2, 0) is 11.2 Å². The van der Waals surface area contributed by atoms with Gasteiger partial charge < -0.3 is 19.6 Å². The molecule has 0 unspecified atom stereocenters. The maximum absolute atomic E-state index is 12.8. The number of rotatable bonds is 3. The fourth-order valence-electron chi connectivity index (χ4n) is 3.69. The van der Waals surface area contributed by atoms with Gasteiger partial charge in [-0.25, -0.2) is 0 Å². The molecular formula is C21H19F3N2O3. The number of anilines is 1. The molecule has 0 bridgehead atoms. The minimum atomic E-state index is -4.71. The van der Waals surface area contributed by atoms with Crippen LogP contribution in [0.3, 0.4) is 0 Å². The molecule has 1 heterocycles. The number of hydrogen-bond donors (Lipinski definition) is 1. The Morgan fingerprint density at radius 2 is 1.69 bits per heavy atom. The van der Waals surface area contributed by atoms with Gasteiger partial charge >= 0.3 is 6.36 Å². The predicted octanol–water partition coefficient (Wildman–Crippen LogP) is 3.58. The summed E-state index contributed by atoms with van der Waals surface area (Å²) in [4.78, 5) is 16.6. The second-order valence-corrected chi connectivity index (χ2v) is 7.05. The lowest BCUT2D eigenvalue weighted by atomic mass is 10.1. The number of aromatic hydroxyl groups is 1. The van der Waals surface area contributed by atoms with Crippen LogP contribution in [0.5, 0.6) is 11.5 Å². The topological polar surface area (TPSA) is 53.0 Å². The van der Waals surface area contributed by atoms with Crippen LogP contribution in [0.25, 0.3) is 6.08 Å². The molecule has 2 aromatic carbocycles. The van der Waals surface area contributed by atoms with Crippen LogP contribution in [0.2, 0.25) is 0 Å². The summed E-state index contributed by atoms with van der Waals surface area (Å²) >= 11 is 0. The quantitative estimate of drug-likeness (QED) is 0.850. The van der Waals surface area contributed by atoms with E-state index in [0.29, 0.717) is 38.2 Å². The van der Waals surface area contributed by atoms with Gasteiger partial charge in [0.25, 0.3) is 0 Å². The van der Waals surface area contributed by atoms with E-state index in [9.17, 15) is 23.1 Å². The van der Waals surface area contributed by atoms with E-state index >= 15 is 0 Å². The summed E-state index contributed by atoms with van der Waals surface area (Å²) in [6.07, 6.45) is -2.33. The van der Waals surface area contributed by atoms with Gasteiger partial charge in [0.05, 0.1) is 0 Å². The van der Waals surface area contributed by atoms with E-state index in [1.165, 1.54) is 12.1 Å². The number of fused-ring (bicyclic) bond motifs is 1. The summed E-state index contributed by atoms with van der Waals surface area (Å²) < 4.78 is 40.7. The molecule has 1 fully saturated rings. The molecule has 0 radical (unpaired) electrons. The first kappa shape index (κ1) is 19.2. The molecule has 1 N–H and O–H groups in total. The van der Waals surface area contributed by atoms with Gasteiger partial charge in [-0.1, -0.05) is 6.07 Å². The van der Waals surface area contributed by atoms with Crippen LogP contribution in [0.1, 0.15) is 11.1 Å². The normalized spacial score (nSPS) is 16.4. The number of amides is 1. The van der Waals surface area contributed by atoms with Crippen molar-refractivity contribution in [2.75, 3.05) is 31.1 Å². The molecule has 1 amide bonds. The number of phenolic OH excluding ortho intramolecular Hbond substituents is 1. The number of nitrogens with zero attached hydrogens (tertiary/aromatic N) is 2. The average molecular weight is 404 g/mol. The zero-order valence-corrected chi connectivity index (χ0v) is 15.4. The molecule has 2 aliphatic rings. The van der Waals surface area contributed by atoms with Crippen LogP contribution in [0, 0.1) is 0 Å². The summed E-state index contributed by atoms with van der Waals surface area (Å²) in [5.74, 6) is -0.0999. The SMILES string of the molecule is O=C(C1=Cc2cc(O)ccc2C1)N1CCN(c2ccc(OC(F)(F)F)cc2)CC1. The average Bonchev–Trinajstić information content (AvgIpc) is 3.10. The number of ether oxygens (including phenoxy) is 1. The molecule has 8 heteroatoms. The second kappa shape index (κ2) is 7.35. The summed E-state index contributed by atoms with van der Waals surface area (Å²) in [6.45, 7) is 2.23. The lowest BCUT2D eigenvalue weighted by molar-refractivity contribution is -0.274. The van der Waals surface area contributed by atoms with E-state index in [1.54, 1.807) is 29.2 Å². The Bertz CT molecular complexity index is 947. The van der Waals surface area contributed by atoms with Crippen molar-refractivity contribution >= 4 is 17.7 Å². The molecule has 0 saturated carbocycles. The Balaban J connectivity index is 1.35. The van der Waals surface area contributed by atoms with E-state index in [2.05, 4.69) is 4.74 Å². The van der Waals surface area contributed by atoms with Gasteiger partial charge in [0.15, 0.2) is 0 Å². The summed E-state index contributed by atoms with van der Waals surface area (Å²) in [7, 11) is 0. The highest BCUT2D eigenvalue weighted by atomic mass is 19.4. The first-order chi connectivity index (χ1) is 13.8. The fraction of sp³-hybridized carbons (Fsp3) is 0.286. The number of carbonyl (C=O) groups excluding carboxylic acids is 1. The molecule has 0 aromatic heterocycles. The monoisotopic (exact) mass is 404 g/mol. The van der Waals surface area contributed by atoms with Crippen molar-refractivity contribution in [3.8, 4) is 11.5 Å². The van der Waals surface area contributed by atoms with Gasteiger partial charge in [0, 0.05) is 43.9 Å². The number of halogens is 3. The minimum absolute atomic E-state index is 0.0192. The first-order valence-corrected chi connectivity index (χ1v) is 9.21. The van der Waals surface area contributed by atoms with Gasteiger partial charge in [-0.05, 0) is 53.6 Å². The van der Waals surface area contributed by atoms with Gasteiger partial charge in [-0.15, -0.1) is 13.2 Å². The smallest absolute Gasteiger partial charge is 0.508 e. The van der Waals surface area contributed by atoms with Gasteiger partial charge in [0.2, 0.25) is 5.91 Å². The maximum atomic E-state index is 12.8. The van der Waals surface area contributed by atoms with Crippen molar-refractivity contribution in [1.82, 2.24) is 4.90 Å². The highest BCUT2D eigenvalue weighted by Crippen LogP contribution is 2.30. The minimum Gasteiger partial charge on any atom is -0.508 e. The van der Waals surface area contributed by atoms with E-state index in [4.69, 9.17) is 0 Å². The van der Waals surface area contributed by atoms with Gasteiger partial charge in [-0.2, -0.15) is 0 Å². The lowest BCUT2D eigenvalue weighted by Gasteiger charge is -2.36. The fourth-order valence-corrected chi connectivity index (χ4v) is 3.69. The Hall–Kier alpha value is -3.16. The Labute approximate surface area is 165 Å². The number of alkyl halides is 3. The Morgan fingerprint density at radius 1 is 1.00 bits per heavy atom. The molecule has 1 aliphatic heterocycles. The third-order valence-electron chi connectivity index (χ3n) is 5.12. The van der Waals surface area contributed by atoms with E-state index in [-0.39, 0.29) is 17.4 Å². The molecule has 1 saturated heterocycles. The number of hydrogen-bond acceptors (Lipinski definition) is 4. The summed E-state index contributed by atoms with van der Waals surface area (Å²) in [5, 5.41) is 9.59. The predicted molar refractivity (Wildman–Crippen MR) is 102 cm³/mol. The van der Waals surface area contributed by atoms with Crippen LogP contribution < -0.4 is 9.64 Å². The summed E-state index contributed by atoms with van der Waals surface area (Å²) in [5.41, 5.74) is 3.38. The van der Waals surface area contributed by atoms with Crippen molar-refractivity contribution in [1.29, 1.82) is 0 Å². The Morgan fingerprint density at radius 3 is 2.34 bits per heavy atom. The zero-order chi connectivity index (χ0) is 20.6. The van der Waals surface area contributed by atoms with Gasteiger partial charge in [0.1, 0.15) is 11.5 Å². The first-order valence-electron chi connectivity index (χ1n) is 9.21. The third kappa shape index (κ3) is 4.31. The largest absolute Gasteiger partial charge is 0.573 e. The van der Waals surface area contributed by atoms with E-state index < -0.39 is 6.36 Å². The number of benzene rings is 2. The van der Waals surface area contributed by atoms with Crippen molar-refractivity contribution in [3.63, 3.8) is 0 Å². The molecule has 5 nitrogen and oxygen atoms in total. The third-order valence-corrected chi connectivity index (χ3v) is 5.12. The van der Waals surface area contributed by atoms with Gasteiger partial charge in [-0.3, -0.25) is 4.79 Å². The number of phenols is 1. The van der Waals surface area contributed by atoms with E-state index in [1.807, 2.05) is 17.0 Å². The molecule has 0 spiro atoms. The van der Waals surface area contributed by atoms with Crippen LogP contribution >= 0.6 is 0 Å². The molecule has 1 aliphatic carbocycles. The molecular weight excluding hydrogens is 385 g/mol. The zero-order valence-electron chi connectivity index (χ0n) is 15.4. The van der Waals surface area contributed by atoms with Crippen molar-refractivity contribution in [2.45, 2.75) is 12.8 Å². The summed E-state index contributed by atoms with van der Waals surface area (Å²) in [6, 6.07) is 10.8. The molecule has 152 valence electrons. The lowest BCUT2D eigenvalue weighted by Crippen LogP contribution is -2.49. The van der Waals surface area contributed by atoms with Crippen molar-refractivity contribution in [3.05, 3.63) is 59.2 Å². The van der Waals surface area contributed by atoms with Crippen LogP contribution in [-0.4, -0.2) is 48.5 Å². The van der Waals surface area contributed by atoms with Crippen molar-refractivity contribution in [2.24, 2.45) is 0 Å².